The van der Waals surface area contributed by atoms with Crippen LogP contribution in [0.5, 0.6) is 0 Å². The van der Waals surface area contributed by atoms with Crippen LogP contribution >= 0.6 is 0 Å². The zero-order chi connectivity index (χ0) is 15.8. The first-order chi connectivity index (χ1) is 11.2. The zero-order valence-electron chi connectivity index (χ0n) is 12.5. The minimum absolute atomic E-state index is 0.338. The van der Waals surface area contributed by atoms with Crippen LogP contribution in [0.15, 0.2) is 54.7 Å². The van der Waals surface area contributed by atoms with Gasteiger partial charge in [0.1, 0.15) is 11.9 Å². The van der Waals surface area contributed by atoms with E-state index in [-0.39, 0.29) is 5.91 Å². The highest BCUT2D eigenvalue weighted by molar-refractivity contribution is 5.85. The molecule has 0 unspecified atom stereocenters. The molecule has 1 atom stereocenters. The molecule has 0 saturated heterocycles. The summed E-state index contributed by atoms with van der Waals surface area (Å²) in [5, 5.41) is 0. The molecule has 5 heteroatoms. The largest absolute Gasteiger partial charge is 0.368 e. The molecular formula is C18H16N4O. The van der Waals surface area contributed by atoms with Crippen LogP contribution < -0.4 is 10.6 Å². The second kappa shape index (κ2) is 5.35. The molecule has 1 aromatic heterocycles. The van der Waals surface area contributed by atoms with Gasteiger partial charge in [-0.05, 0) is 23.3 Å². The molecule has 0 radical (unpaired) electrons. The number of amides is 1. The maximum Gasteiger partial charge on any atom is 0.240 e. The van der Waals surface area contributed by atoms with E-state index in [1.54, 1.807) is 6.20 Å². The van der Waals surface area contributed by atoms with Crippen LogP contribution in [0.2, 0.25) is 0 Å². The predicted octanol–water partition coefficient (Wildman–Crippen LogP) is 2.05. The van der Waals surface area contributed by atoms with E-state index in [4.69, 9.17) is 5.73 Å². The Bertz CT molecular complexity index is 893. The topological polar surface area (TPSA) is 72.1 Å². The molecule has 2 heterocycles. The van der Waals surface area contributed by atoms with Crippen molar-refractivity contribution in [1.29, 1.82) is 0 Å². The zero-order valence-corrected chi connectivity index (χ0v) is 12.5. The second-order valence-electron chi connectivity index (χ2n) is 5.74. The average Bonchev–Trinajstić information content (AvgIpc) is 2.60. The first kappa shape index (κ1) is 13.7. The fourth-order valence-electron chi connectivity index (χ4n) is 3.10. The first-order valence-corrected chi connectivity index (χ1v) is 7.57. The van der Waals surface area contributed by atoms with E-state index in [0.29, 0.717) is 18.8 Å². The van der Waals surface area contributed by atoms with Gasteiger partial charge >= 0.3 is 0 Å². The molecule has 2 N–H and O–H groups in total. The van der Waals surface area contributed by atoms with Gasteiger partial charge in [0, 0.05) is 13.0 Å². The quantitative estimate of drug-likeness (QED) is 0.786. The molecule has 1 amide bonds. The Hall–Kier alpha value is -2.95. The van der Waals surface area contributed by atoms with Crippen molar-refractivity contribution in [3.8, 4) is 0 Å². The van der Waals surface area contributed by atoms with Crippen LogP contribution in [-0.4, -0.2) is 21.9 Å². The van der Waals surface area contributed by atoms with Crippen molar-refractivity contribution < 1.29 is 4.79 Å². The number of fused-ring (bicyclic) bond motifs is 2. The normalized spacial score (nSPS) is 17.0. The lowest BCUT2D eigenvalue weighted by atomic mass is 9.93. The lowest BCUT2D eigenvalue weighted by Gasteiger charge is -2.35. The van der Waals surface area contributed by atoms with E-state index in [1.165, 1.54) is 11.1 Å². The number of anilines is 1. The summed E-state index contributed by atoms with van der Waals surface area (Å²) in [6, 6.07) is 15.4. The summed E-state index contributed by atoms with van der Waals surface area (Å²) in [6.45, 7) is 0.608. The number of nitrogens with two attached hydrogens (primary N) is 1. The van der Waals surface area contributed by atoms with Crippen LogP contribution in [0.3, 0.4) is 0 Å². The summed E-state index contributed by atoms with van der Waals surface area (Å²) in [5.41, 5.74) is 9.65. The SMILES string of the molecule is NC(=O)[C@@H]1Cc2ccccc2CN1c1cnc2ccccc2n1. The third-order valence-corrected chi connectivity index (χ3v) is 4.31. The molecule has 5 nitrogen and oxygen atoms in total. The van der Waals surface area contributed by atoms with E-state index < -0.39 is 6.04 Å². The highest BCUT2D eigenvalue weighted by Gasteiger charge is 2.31. The van der Waals surface area contributed by atoms with Crippen molar-refractivity contribution in [2.45, 2.75) is 19.0 Å². The van der Waals surface area contributed by atoms with Crippen molar-refractivity contribution in [2.75, 3.05) is 4.90 Å². The molecule has 4 rings (SSSR count). The Labute approximate surface area is 133 Å². The standard InChI is InChI=1S/C18H16N4O/c19-18(23)16-9-12-5-1-2-6-13(12)11-22(16)17-10-20-14-7-3-4-8-15(14)21-17/h1-8,10,16H,9,11H2,(H2,19,23)/t16-/m0/s1. The van der Waals surface area contributed by atoms with Crippen molar-refractivity contribution in [3.63, 3.8) is 0 Å². The number of primary amides is 1. The number of rotatable bonds is 2. The first-order valence-electron chi connectivity index (χ1n) is 7.57. The molecule has 0 spiro atoms. The Morgan fingerprint density at radius 1 is 1.04 bits per heavy atom. The number of nitrogens with zero attached hydrogens (tertiary/aromatic N) is 3. The minimum Gasteiger partial charge on any atom is -0.368 e. The van der Waals surface area contributed by atoms with Crippen LogP contribution in [-0.2, 0) is 17.8 Å². The molecule has 23 heavy (non-hydrogen) atoms. The summed E-state index contributed by atoms with van der Waals surface area (Å²) in [7, 11) is 0. The third-order valence-electron chi connectivity index (χ3n) is 4.31. The van der Waals surface area contributed by atoms with Gasteiger partial charge in [-0.15, -0.1) is 0 Å². The average molecular weight is 304 g/mol. The highest BCUT2D eigenvalue weighted by Crippen LogP contribution is 2.27. The van der Waals surface area contributed by atoms with Gasteiger partial charge in [-0.1, -0.05) is 36.4 Å². The van der Waals surface area contributed by atoms with Crippen molar-refractivity contribution in [2.24, 2.45) is 5.73 Å². The summed E-state index contributed by atoms with van der Waals surface area (Å²) in [6.07, 6.45) is 2.31. The van der Waals surface area contributed by atoms with Crippen molar-refractivity contribution in [1.82, 2.24) is 9.97 Å². The van der Waals surface area contributed by atoms with E-state index >= 15 is 0 Å². The van der Waals surface area contributed by atoms with E-state index in [9.17, 15) is 4.79 Å². The number of hydrogen-bond acceptors (Lipinski definition) is 4. The van der Waals surface area contributed by atoms with E-state index in [2.05, 4.69) is 22.1 Å². The number of para-hydroxylation sites is 2. The van der Waals surface area contributed by atoms with Gasteiger partial charge in [-0.25, -0.2) is 4.98 Å². The Balaban J connectivity index is 1.79. The molecule has 0 fully saturated rings. The predicted molar refractivity (Wildman–Crippen MR) is 88.8 cm³/mol. The fourth-order valence-corrected chi connectivity index (χ4v) is 3.10. The summed E-state index contributed by atoms with van der Waals surface area (Å²) >= 11 is 0. The number of benzene rings is 2. The van der Waals surface area contributed by atoms with Gasteiger partial charge in [0.25, 0.3) is 0 Å². The Morgan fingerprint density at radius 2 is 1.74 bits per heavy atom. The van der Waals surface area contributed by atoms with Gasteiger partial charge in [0.2, 0.25) is 5.91 Å². The van der Waals surface area contributed by atoms with Crippen molar-refractivity contribution in [3.05, 3.63) is 65.9 Å². The summed E-state index contributed by atoms with van der Waals surface area (Å²) in [5.74, 6) is 0.344. The third kappa shape index (κ3) is 2.40. The smallest absolute Gasteiger partial charge is 0.240 e. The van der Waals surface area contributed by atoms with Gasteiger partial charge < -0.3 is 10.6 Å². The second-order valence-corrected chi connectivity index (χ2v) is 5.74. The number of carbonyl (C=O) groups excluding carboxylic acids is 1. The van der Waals surface area contributed by atoms with Crippen LogP contribution in [0.1, 0.15) is 11.1 Å². The minimum atomic E-state index is -0.402. The van der Waals surface area contributed by atoms with Crippen LogP contribution in [0, 0.1) is 0 Å². The molecule has 1 aliphatic rings. The number of carbonyl (C=O) groups is 1. The number of hydrogen-bond donors (Lipinski definition) is 1. The van der Waals surface area contributed by atoms with Gasteiger partial charge in [-0.3, -0.25) is 9.78 Å². The van der Waals surface area contributed by atoms with Gasteiger partial charge in [0.15, 0.2) is 0 Å². The molecule has 2 aromatic carbocycles. The monoisotopic (exact) mass is 304 g/mol. The molecule has 1 aliphatic heterocycles. The molecular weight excluding hydrogens is 288 g/mol. The van der Waals surface area contributed by atoms with E-state index in [0.717, 1.165) is 11.0 Å². The molecule has 114 valence electrons. The van der Waals surface area contributed by atoms with E-state index in [1.807, 2.05) is 41.3 Å². The summed E-state index contributed by atoms with van der Waals surface area (Å²) in [4.78, 5) is 23.0. The Morgan fingerprint density at radius 3 is 2.52 bits per heavy atom. The maximum absolute atomic E-state index is 11.9. The fraction of sp³-hybridized carbons (Fsp3) is 0.167. The molecule has 0 bridgehead atoms. The lowest BCUT2D eigenvalue weighted by molar-refractivity contribution is -0.119. The van der Waals surface area contributed by atoms with Gasteiger partial charge in [-0.2, -0.15) is 0 Å². The van der Waals surface area contributed by atoms with Crippen LogP contribution in [0.4, 0.5) is 5.82 Å². The summed E-state index contributed by atoms with van der Waals surface area (Å²) < 4.78 is 0. The van der Waals surface area contributed by atoms with Crippen molar-refractivity contribution >= 4 is 22.8 Å². The van der Waals surface area contributed by atoms with Crippen LogP contribution in [0.25, 0.3) is 11.0 Å². The number of aromatic nitrogens is 2. The Kier molecular flexibility index (Phi) is 3.19. The molecule has 3 aromatic rings. The lowest BCUT2D eigenvalue weighted by Crippen LogP contribution is -2.49. The molecule has 0 saturated carbocycles. The molecule has 0 aliphatic carbocycles. The van der Waals surface area contributed by atoms with Gasteiger partial charge in [0.05, 0.1) is 17.2 Å². The highest BCUT2D eigenvalue weighted by atomic mass is 16.1. The maximum atomic E-state index is 11.9.